The summed E-state index contributed by atoms with van der Waals surface area (Å²) in [5, 5.41) is 10.9. The summed E-state index contributed by atoms with van der Waals surface area (Å²) in [5.41, 5.74) is 0.0215. The Morgan fingerprint density at radius 3 is 2.81 bits per heavy atom. The molecule has 86 valence electrons. The molecule has 0 heterocycles. The summed E-state index contributed by atoms with van der Waals surface area (Å²) in [6.45, 7) is 1.90. The van der Waals surface area contributed by atoms with Crippen LogP contribution in [0.3, 0.4) is 0 Å². The SMILES string of the molecule is CCOC(=O)Cc1c(Cl)cccc1[N+](=O)[O-]. The smallest absolute Gasteiger partial charge is 0.310 e. The number of nitro groups is 1. The van der Waals surface area contributed by atoms with Crippen molar-refractivity contribution in [2.45, 2.75) is 13.3 Å². The molecule has 0 amide bonds. The van der Waals surface area contributed by atoms with Crippen molar-refractivity contribution in [3.63, 3.8) is 0 Å². The van der Waals surface area contributed by atoms with Crippen molar-refractivity contribution >= 4 is 23.3 Å². The molecular formula is C10H10ClNO4. The lowest BCUT2D eigenvalue weighted by atomic mass is 10.1. The van der Waals surface area contributed by atoms with Gasteiger partial charge in [-0.05, 0) is 13.0 Å². The summed E-state index contributed by atoms with van der Waals surface area (Å²) in [6.07, 6.45) is -0.191. The first kappa shape index (κ1) is 12.4. The first-order valence-corrected chi connectivity index (χ1v) is 5.01. The Balaban J connectivity index is 3.01. The van der Waals surface area contributed by atoms with Gasteiger partial charge in [-0.1, -0.05) is 17.7 Å². The van der Waals surface area contributed by atoms with Crippen LogP contribution in [0, 0.1) is 10.1 Å². The lowest BCUT2D eigenvalue weighted by Gasteiger charge is -2.04. The Hall–Kier alpha value is -1.62. The summed E-state index contributed by atoms with van der Waals surface area (Å²) in [6, 6.07) is 4.28. The van der Waals surface area contributed by atoms with E-state index in [2.05, 4.69) is 0 Å². The third-order valence-electron chi connectivity index (χ3n) is 1.92. The minimum Gasteiger partial charge on any atom is -0.466 e. The van der Waals surface area contributed by atoms with Gasteiger partial charge in [0.1, 0.15) is 0 Å². The van der Waals surface area contributed by atoms with E-state index in [1.54, 1.807) is 6.92 Å². The molecule has 1 aromatic rings. The summed E-state index contributed by atoms with van der Waals surface area (Å²) >= 11 is 5.81. The van der Waals surface area contributed by atoms with Crippen molar-refractivity contribution in [3.8, 4) is 0 Å². The molecule has 0 atom stereocenters. The molecule has 5 nitrogen and oxygen atoms in total. The van der Waals surface area contributed by atoms with E-state index in [9.17, 15) is 14.9 Å². The fourth-order valence-corrected chi connectivity index (χ4v) is 1.49. The highest BCUT2D eigenvalue weighted by atomic mass is 35.5. The lowest BCUT2D eigenvalue weighted by molar-refractivity contribution is -0.385. The highest BCUT2D eigenvalue weighted by molar-refractivity contribution is 6.31. The predicted octanol–water partition coefficient (Wildman–Crippen LogP) is 2.35. The van der Waals surface area contributed by atoms with Gasteiger partial charge < -0.3 is 4.74 Å². The number of hydrogen-bond acceptors (Lipinski definition) is 4. The highest BCUT2D eigenvalue weighted by Crippen LogP contribution is 2.26. The second-order valence-electron chi connectivity index (χ2n) is 2.98. The number of benzene rings is 1. The number of carbonyl (C=O) groups excluding carboxylic acids is 1. The van der Waals surface area contributed by atoms with Gasteiger partial charge >= 0.3 is 5.97 Å². The summed E-state index contributed by atoms with van der Waals surface area (Å²) in [4.78, 5) is 21.4. The maximum Gasteiger partial charge on any atom is 0.310 e. The van der Waals surface area contributed by atoms with E-state index in [-0.39, 0.29) is 29.3 Å². The van der Waals surface area contributed by atoms with Crippen LogP contribution in [0.5, 0.6) is 0 Å². The van der Waals surface area contributed by atoms with E-state index in [1.165, 1.54) is 18.2 Å². The summed E-state index contributed by atoms with van der Waals surface area (Å²) < 4.78 is 4.72. The fraction of sp³-hybridized carbons (Fsp3) is 0.300. The Kier molecular flexibility index (Phi) is 4.25. The molecule has 0 fully saturated rings. The van der Waals surface area contributed by atoms with Crippen LogP contribution in [0.4, 0.5) is 5.69 Å². The zero-order valence-corrected chi connectivity index (χ0v) is 9.36. The molecule has 0 radical (unpaired) electrons. The van der Waals surface area contributed by atoms with Gasteiger partial charge in [0, 0.05) is 6.07 Å². The standard InChI is InChI=1S/C10H10ClNO4/c1-2-16-10(13)6-7-8(11)4-3-5-9(7)12(14)15/h3-5H,2,6H2,1H3. The van der Waals surface area contributed by atoms with Gasteiger partial charge in [-0.3, -0.25) is 14.9 Å². The van der Waals surface area contributed by atoms with Gasteiger partial charge in [0.2, 0.25) is 0 Å². The van der Waals surface area contributed by atoms with Crippen molar-refractivity contribution in [3.05, 3.63) is 38.9 Å². The number of halogens is 1. The number of esters is 1. The molecule has 0 unspecified atom stereocenters. The molecule has 6 heteroatoms. The molecule has 0 aliphatic heterocycles. The van der Waals surface area contributed by atoms with Crippen molar-refractivity contribution in [2.24, 2.45) is 0 Å². The number of hydrogen-bond donors (Lipinski definition) is 0. The number of nitro benzene ring substituents is 1. The van der Waals surface area contributed by atoms with E-state index in [0.717, 1.165) is 0 Å². The van der Waals surface area contributed by atoms with E-state index >= 15 is 0 Å². The third-order valence-corrected chi connectivity index (χ3v) is 2.27. The van der Waals surface area contributed by atoms with Crippen molar-refractivity contribution in [2.75, 3.05) is 6.61 Å². The maximum absolute atomic E-state index is 11.2. The van der Waals surface area contributed by atoms with E-state index < -0.39 is 10.9 Å². The monoisotopic (exact) mass is 243 g/mol. The molecule has 0 N–H and O–H groups in total. The van der Waals surface area contributed by atoms with Crippen LogP contribution in [0.2, 0.25) is 5.02 Å². The van der Waals surface area contributed by atoms with Crippen LogP contribution >= 0.6 is 11.6 Å². The summed E-state index contributed by atoms with van der Waals surface area (Å²) in [5.74, 6) is -0.529. The van der Waals surface area contributed by atoms with Gasteiger partial charge in [-0.15, -0.1) is 0 Å². The van der Waals surface area contributed by atoms with Crippen LogP contribution in [0.1, 0.15) is 12.5 Å². The van der Waals surface area contributed by atoms with Gasteiger partial charge in [0.25, 0.3) is 5.69 Å². The number of carbonyl (C=O) groups is 1. The zero-order valence-electron chi connectivity index (χ0n) is 8.60. The molecule has 0 spiro atoms. The average molecular weight is 244 g/mol. The summed E-state index contributed by atoms with van der Waals surface area (Å²) in [7, 11) is 0. The largest absolute Gasteiger partial charge is 0.466 e. The molecule has 0 saturated heterocycles. The van der Waals surface area contributed by atoms with Crippen LogP contribution in [0.15, 0.2) is 18.2 Å². The molecule has 0 saturated carbocycles. The Morgan fingerprint density at radius 2 is 2.25 bits per heavy atom. The molecule has 0 aliphatic carbocycles. The second kappa shape index (κ2) is 5.46. The topological polar surface area (TPSA) is 69.4 Å². The van der Waals surface area contributed by atoms with Gasteiger partial charge in [0.05, 0.1) is 28.5 Å². The van der Waals surface area contributed by atoms with Crippen LogP contribution in [0.25, 0.3) is 0 Å². The second-order valence-corrected chi connectivity index (χ2v) is 3.38. The van der Waals surface area contributed by atoms with Crippen LogP contribution < -0.4 is 0 Å². The van der Waals surface area contributed by atoms with Crippen LogP contribution in [-0.4, -0.2) is 17.5 Å². The number of ether oxygens (including phenoxy) is 1. The molecule has 1 rings (SSSR count). The Bertz CT molecular complexity index is 419. The lowest BCUT2D eigenvalue weighted by Crippen LogP contribution is -2.09. The van der Waals surface area contributed by atoms with Gasteiger partial charge in [-0.25, -0.2) is 0 Å². The van der Waals surface area contributed by atoms with Crippen LogP contribution in [-0.2, 0) is 16.0 Å². The first-order chi connectivity index (χ1) is 7.56. The fourth-order valence-electron chi connectivity index (χ4n) is 1.25. The van der Waals surface area contributed by atoms with Gasteiger partial charge in [-0.2, -0.15) is 0 Å². The van der Waals surface area contributed by atoms with E-state index in [0.29, 0.717) is 0 Å². The molecular weight excluding hydrogens is 234 g/mol. The van der Waals surface area contributed by atoms with Gasteiger partial charge in [0.15, 0.2) is 0 Å². The molecule has 16 heavy (non-hydrogen) atoms. The normalized spacial score (nSPS) is 9.88. The molecule has 0 aliphatic rings. The van der Waals surface area contributed by atoms with Crippen molar-refractivity contribution in [1.29, 1.82) is 0 Å². The minimum atomic E-state index is -0.569. The zero-order chi connectivity index (χ0) is 12.1. The first-order valence-electron chi connectivity index (χ1n) is 4.63. The molecule has 0 bridgehead atoms. The Labute approximate surface area is 97.1 Å². The predicted molar refractivity (Wildman–Crippen MR) is 58.4 cm³/mol. The minimum absolute atomic E-state index is 0.166. The average Bonchev–Trinajstić information content (AvgIpc) is 2.21. The number of nitrogens with zero attached hydrogens (tertiary/aromatic N) is 1. The maximum atomic E-state index is 11.2. The number of rotatable bonds is 4. The highest BCUT2D eigenvalue weighted by Gasteiger charge is 2.19. The molecule has 0 aromatic heterocycles. The van der Waals surface area contributed by atoms with Crippen molar-refractivity contribution in [1.82, 2.24) is 0 Å². The van der Waals surface area contributed by atoms with Crippen molar-refractivity contribution < 1.29 is 14.5 Å². The van der Waals surface area contributed by atoms with E-state index in [1.807, 2.05) is 0 Å². The Morgan fingerprint density at radius 1 is 1.56 bits per heavy atom. The molecule has 1 aromatic carbocycles. The quantitative estimate of drug-likeness (QED) is 0.462. The van der Waals surface area contributed by atoms with E-state index in [4.69, 9.17) is 16.3 Å². The third kappa shape index (κ3) is 2.93.